The number of benzene rings is 2. The second-order valence-electron chi connectivity index (χ2n) is 11.6. The van der Waals surface area contributed by atoms with Crippen molar-refractivity contribution in [2.75, 3.05) is 5.32 Å². The number of esters is 1. The van der Waals surface area contributed by atoms with Crippen molar-refractivity contribution in [3.8, 4) is 0 Å². The Morgan fingerprint density at radius 1 is 0.857 bits per heavy atom. The minimum atomic E-state index is -4.63. The second-order valence-corrected chi connectivity index (χ2v) is 11.6. The first kappa shape index (κ1) is 34.6. The molecule has 0 unspecified atom stereocenters. The average Bonchev–Trinajstić information content (AvgIpc) is 2.88. The third-order valence-corrected chi connectivity index (χ3v) is 6.49. The van der Waals surface area contributed by atoms with Crippen molar-refractivity contribution in [1.29, 1.82) is 0 Å². The molecule has 0 aliphatic carbocycles. The second kappa shape index (κ2) is 15.6. The highest BCUT2D eigenvalue weighted by Crippen LogP contribution is 2.35. The Morgan fingerprint density at radius 2 is 1.50 bits per heavy atom. The smallest absolute Gasteiger partial charge is 0.416 e. The van der Waals surface area contributed by atoms with Crippen molar-refractivity contribution in [1.82, 2.24) is 5.32 Å². The Kier molecular flexibility index (Phi) is 12.9. The molecule has 2 amide bonds. The Hall–Kier alpha value is -3.56. The molecule has 0 radical (unpaired) electrons. The SMILES string of the molecule is CCCCCCCCc1ccc(NC(=O)[C@](C)(CC(=O)OCc2ccccc2)NC(=O)OC(C)(C)C)cc1C(F)(F)F. The molecule has 0 saturated heterocycles. The van der Waals surface area contributed by atoms with Crippen LogP contribution in [0.3, 0.4) is 0 Å². The summed E-state index contributed by atoms with van der Waals surface area (Å²) in [5.41, 5.74) is -2.88. The number of aryl methyl sites for hydroxylation is 1. The molecule has 0 heterocycles. The lowest BCUT2D eigenvalue weighted by atomic mass is 9.95. The van der Waals surface area contributed by atoms with Crippen molar-refractivity contribution in [2.45, 2.75) is 110 Å². The van der Waals surface area contributed by atoms with Gasteiger partial charge in [-0.3, -0.25) is 9.59 Å². The molecular weight excluding hydrogens is 549 g/mol. The molecule has 10 heteroatoms. The van der Waals surface area contributed by atoms with E-state index in [2.05, 4.69) is 17.6 Å². The highest BCUT2D eigenvalue weighted by Gasteiger charge is 2.40. The first-order valence-corrected chi connectivity index (χ1v) is 14.4. The lowest BCUT2D eigenvalue weighted by molar-refractivity contribution is -0.148. The zero-order valence-electron chi connectivity index (χ0n) is 25.2. The predicted molar refractivity (Wildman–Crippen MR) is 156 cm³/mol. The Labute approximate surface area is 246 Å². The molecule has 2 N–H and O–H groups in total. The zero-order chi connectivity index (χ0) is 31.4. The van der Waals surface area contributed by atoms with E-state index in [4.69, 9.17) is 9.47 Å². The summed E-state index contributed by atoms with van der Waals surface area (Å²) in [6, 6.07) is 12.5. The van der Waals surface area contributed by atoms with Crippen LogP contribution in [0.15, 0.2) is 48.5 Å². The van der Waals surface area contributed by atoms with E-state index >= 15 is 0 Å². The summed E-state index contributed by atoms with van der Waals surface area (Å²) in [6.07, 6.45) is -0.232. The summed E-state index contributed by atoms with van der Waals surface area (Å²) in [5.74, 6) is -1.69. The van der Waals surface area contributed by atoms with Crippen LogP contribution < -0.4 is 10.6 Å². The zero-order valence-corrected chi connectivity index (χ0v) is 25.2. The van der Waals surface area contributed by atoms with Gasteiger partial charge in [0.25, 0.3) is 5.91 Å². The van der Waals surface area contributed by atoms with Crippen LogP contribution in [-0.2, 0) is 38.3 Å². The van der Waals surface area contributed by atoms with Crippen LogP contribution in [0.2, 0.25) is 0 Å². The minimum Gasteiger partial charge on any atom is -0.461 e. The van der Waals surface area contributed by atoms with Crippen LogP contribution in [0.5, 0.6) is 0 Å². The minimum absolute atomic E-state index is 0.0567. The van der Waals surface area contributed by atoms with Crippen molar-refractivity contribution < 1.29 is 37.0 Å². The summed E-state index contributed by atoms with van der Waals surface area (Å²) >= 11 is 0. The molecule has 2 rings (SSSR count). The standard InChI is InChI=1S/C32H43F3N2O5/c1-6-7-8-9-10-14-17-24-18-19-25(20-26(24)32(33,34)35)36-28(39)31(5,37-29(40)42-30(2,3)4)21-27(38)41-22-23-15-12-11-13-16-23/h11-13,15-16,18-20H,6-10,14,17,21-22H2,1-5H3,(H,36,39)(H,37,40)/t31-/m0/s1. The van der Waals surface area contributed by atoms with Gasteiger partial charge in [-0.1, -0.05) is 75.4 Å². The molecule has 0 bridgehead atoms. The van der Waals surface area contributed by atoms with Crippen molar-refractivity contribution in [2.24, 2.45) is 0 Å². The Bertz CT molecular complexity index is 1180. The topological polar surface area (TPSA) is 93.7 Å². The summed E-state index contributed by atoms with van der Waals surface area (Å²) in [7, 11) is 0. The highest BCUT2D eigenvalue weighted by atomic mass is 19.4. The Balaban J connectivity index is 2.21. The van der Waals surface area contributed by atoms with Crippen molar-refractivity contribution in [3.05, 3.63) is 65.2 Å². The highest BCUT2D eigenvalue weighted by molar-refractivity contribution is 6.02. The molecule has 2 aromatic carbocycles. The van der Waals surface area contributed by atoms with Crippen molar-refractivity contribution >= 4 is 23.7 Å². The van der Waals surface area contributed by atoms with Gasteiger partial charge in [-0.2, -0.15) is 13.2 Å². The number of hydrogen-bond donors (Lipinski definition) is 2. The van der Waals surface area contributed by atoms with Crippen LogP contribution in [0.4, 0.5) is 23.7 Å². The van der Waals surface area contributed by atoms with Crippen LogP contribution in [0.1, 0.15) is 96.3 Å². The normalized spacial score (nSPS) is 13.1. The van der Waals surface area contributed by atoms with E-state index in [1.54, 1.807) is 45.0 Å². The molecular formula is C32H43F3N2O5. The van der Waals surface area contributed by atoms with Gasteiger partial charge in [0.05, 0.1) is 12.0 Å². The molecule has 0 saturated carbocycles. The number of ether oxygens (including phenoxy) is 2. The van der Waals surface area contributed by atoms with Gasteiger partial charge in [-0.25, -0.2) is 4.79 Å². The average molecular weight is 593 g/mol. The lowest BCUT2D eigenvalue weighted by Crippen LogP contribution is -2.56. The van der Waals surface area contributed by atoms with E-state index in [0.717, 1.165) is 43.7 Å². The fraction of sp³-hybridized carbons (Fsp3) is 0.531. The molecule has 0 aliphatic rings. The maximum absolute atomic E-state index is 14.0. The molecule has 0 aliphatic heterocycles. The van der Waals surface area contributed by atoms with E-state index in [-0.39, 0.29) is 24.3 Å². The maximum Gasteiger partial charge on any atom is 0.416 e. The third-order valence-electron chi connectivity index (χ3n) is 6.49. The molecule has 1 atom stereocenters. The number of hydrogen-bond acceptors (Lipinski definition) is 5. The molecule has 7 nitrogen and oxygen atoms in total. The van der Waals surface area contributed by atoms with E-state index in [0.29, 0.717) is 6.42 Å². The number of carbonyl (C=O) groups is 3. The molecule has 0 spiro atoms. The summed E-state index contributed by atoms with van der Waals surface area (Å²) in [5, 5.41) is 4.85. The van der Waals surface area contributed by atoms with E-state index < -0.39 is 47.3 Å². The van der Waals surface area contributed by atoms with Crippen molar-refractivity contribution in [3.63, 3.8) is 0 Å². The quantitative estimate of drug-likeness (QED) is 0.171. The van der Waals surface area contributed by atoms with Gasteiger partial charge in [0.1, 0.15) is 17.7 Å². The van der Waals surface area contributed by atoms with E-state index in [1.807, 2.05) is 6.07 Å². The number of halogens is 3. The Morgan fingerprint density at radius 3 is 2.12 bits per heavy atom. The van der Waals surface area contributed by atoms with E-state index in [1.165, 1.54) is 19.1 Å². The first-order chi connectivity index (χ1) is 19.6. The number of alkyl carbamates (subject to hydrolysis) is 1. The number of carbonyl (C=O) groups excluding carboxylic acids is 3. The summed E-state index contributed by atoms with van der Waals surface area (Å²) in [4.78, 5) is 38.7. The predicted octanol–water partition coefficient (Wildman–Crippen LogP) is 7.96. The number of nitrogens with one attached hydrogen (secondary N) is 2. The fourth-order valence-electron chi connectivity index (χ4n) is 4.29. The third kappa shape index (κ3) is 12.1. The van der Waals surface area contributed by atoms with Crippen LogP contribution in [0.25, 0.3) is 0 Å². The van der Waals surface area contributed by atoms with Gasteiger partial charge in [0.2, 0.25) is 0 Å². The summed E-state index contributed by atoms with van der Waals surface area (Å²) in [6.45, 7) is 8.22. The lowest BCUT2D eigenvalue weighted by Gasteiger charge is -2.30. The molecule has 0 fully saturated rings. The maximum atomic E-state index is 14.0. The van der Waals surface area contributed by atoms with Gasteiger partial charge in [-0.15, -0.1) is 0 Å². The number of unbranched alkanes of at least 4 members (excludes halogenated alkanes) is 5. The van der Waals surface area contributed by atoms with Gasteiger partial charge in [0.15, 0.2) is 0 Å². The van der Waals surface area contributed by atoms with E-state index in [9.17, 15) is 27.6 Å². The molecule has 2 aromatic rings. The fourth-order valence-corrected chi connectivity index (χ4v) is 4.29. The van der Waals surface area contributed by atoms with Crippen LogP contribution >= 0.6 is 0 Å². The monoisotopic (exact) mass is 592 g/mol. The number of rotatable bonds is 14. The largest absolute Gasteiger partial charge is 0.461 e. The van der Waals surface area contributed by atoms with Gasteiger partial charge >= 0.3 is 18.2 Å². The summed E-state index contributed by atoms with van der Waals surface area (Å²) < 4.78 is 52.4. The van der Waals surface area contributed by atoms with Gasteiger partial charge in [0, 0.05) is 5.69 Å². The number of amides is 2. The molecule has 42 heavy (non-hydrogen) atoms. The first-order valence-electron chi connectivity index (χ1n) is 14.4. The number of anilines is 1. The molecule has 0 aromatic heterocycles. The molecule has 232 valence electrons. The number of alkyl halides is 3. The van der Waals surface area contributed by atoms with Crippen LogP contribution in [0, 0.1) is 0 Å². The van der Waals surface area contributed by atoms with Gasteiger partial charge < -0.3 is 20.1 Å². The van der Waals surface area contributed by atoms with Crippen LogP contribution in [-0.4, -0.2) is 29.1 Å². The van der Waals surface area contributed by atoms with Gasteiger partial charge in [-0.05, 0) is 63.8 Å².